The van der Waals surface area contributed by atoms with E-state index in [0.717, 1.165) is 29.8 Å². The van der Waals surface area contributed by atoms with E-state index >= 15 is 0 Å². The molecule has 0 amide bonds. The van der Waals surface area contributed by atoms with Crippen LogP contribution in [0.4, 0.5) is 0 Å². The summed E-state index contributed by atoms with van der Waals surface area (Å²) in [6, 6.07) is 10.3. The second kappa shape index (κ2) is 5.67. The molecule has 0 saturated heterocycles. The van der Waals surface area contributed by atoms with Gasteiger partial charge in [-0.2, -0.15) is 0 Å². The van der Waals surface area contributed by atoms with Gasteiger partial charge in [0.15, 0.2) is 0 Å². The number of benzene rings is 1. The van der Waals surface area contributed by atoms with E-state index in [1.807, 2.05) is 18.3 Å². The van der Waals surface area contributed by atoms with Gasteiger partial charge in [-0.15, -0.1) is 0 Å². The zero-order valence-electron chi connectivity index (χ0n) is 11.2. The molecule has 0 N–H and O–H groups in total. The molecule has 1 heterocycles. The summed E-state index contributed by atoms with van der Waals surface area (Å²) in [6.07, 6.45) is 4.00. The highest BCUT2D eigenvalue weighted by Crippen LogP contribution is 2.25. The zero-order chi connectivity index (χ0) is 13.0. The number of hydrogen-bond acceptors (Lipinski definition) is 2. The fourth-order valence-electron chi connectivity index (χ4n) is 2.03. The fraction of sp³-hybridized carbons (Fsp3) is 0.312. The molecule has 1 aromatic carbocycles. The lowest BCUT2D eigenvalue weighted by Crippen LogP contribution is -1.95. The lowest BCUT2D eigenvalue weighted by molar-refractivity contribution is 0.415. The Labute approximate surface area is 109 Å². The Kier molecular flexibility index (Phi) is 3.98. The molecule has 2 aromatic rings. The number of nitrogens with zero attached hydrogens (tertiary/aromatic N) is 1. The van der Waals surface area contributed by atoms with Crippen LogP contribution in [-0.4, -0.2) is 12.1 Å². The molecule has 0 bridgehead atoms. The molecular formula is C16H19NO. The molecular weight excluding hydrogens is 222 g/mol. The number of rotatable bonds is 4. The molecule has 0 atom stereocenters. The van der Waals surface area contributed by atoms with Crippen molar-refractivity contribution >= 4 is 0 Å². The standard InChI is InChI=1S/C16H19NO/c1-4-12-10-13(5-2)16(17-11-12)14-6-8-15(18-3)9-7-14/h6-11H,4-5H2,1-3H3. The van der Waals surface area contributed by atoms with Crippen molar-refractivity contribution in [3.05, 3.63) is 47.7 Å². The maximum atomic E-state index is 5.18. The fourth-order valence-corrected chi connectivity index (χ4v) is 2.03. The van der Waals surface area contributed by atoms with Gasteiger partial charge in [-0.1, -0.05) is 19.9 Å². The molecule has 0 spiro atoms. The van der Waals surface area contributed by atoms with E-state index in [1.54, 1.807) is 7.11 Å². The first-order valence-corrected chi connectivity index (χ1v) is 6.40. The van der Waals surface area contributed by atoms with Gasteiger partial charge in [0.1, 0.15) is 5.75 Å². The zero-order valence-corrected chi connectivity index (χ0v) is 11.2. The summed E-state index contributed by atoms with van der Waals surface area (Å²) in [4.78, 5) is 4.61. The van der Waals surface area contributed by atoms with Gasteiger partial charge in [-0.25, -0.2) is 0 Å². The number of hydrogen-bond donors (Lipinski definition) is 0. The summed E-state index contributed by atoms with van der Waals surface area (Å²) in [5, 5.41) is 0. The summed E-state index contributed by atoms with van der Waals surface area (Å²) in [6.45, 7) is 4.33. The molecule has 0 unspecified atom stereocenters. The van der Waals surface area contributed by atoms with Crippen LogP contribution in [0.2, 0.25) is 0 Å². The molecule has 2 nitrogen and oxygen atoms in total. The van der Waals surface area contributed by atoms with Gasteiger partial charge in [-0.3, -0.25) is 4.98 Å². The van der Waals surface area contributed by atoms with E-state index in [1.165, 1.54) is 11.1 Å². The molecule has 2 rings (SSSR count). The van der Waals surface area contributed by atoms with Crippen molar-refractivity contribution in [3.63, 3.8) is 0 Å². The van der Waals surface area contributed by atoms with E-state index in [0.29, 0.717) is 0 Å². The van der Waals surface area contributed by atoms with Crippen molar-refractivity contribution in [2.75, 3.05) is 7.11 Å². The van der Waals surface area contributed by atoms with Crippen molar-refractivity contribution in [2.45, 2.75) is 26.7 Å². The van der Waals surface area contributed by atoms with Crippen molar-refractivity contribution in [2.24, 2.45) is 0 Å². The van der Waals surface area contributed by atoms with Gasteiger partial charge < -0.3 is 4.74 Å². The molecule has 0 aliphatic heterocycles. The first kappa shape index (κ1) is 12.6. The minimum atomic E-state index is 0.877. The summed E-state index contributed by atoms with van der Waals surface area (Å²) in [5.74, 6) is 0.877. The van der Waals surface area contributed by atoms with E-state index < -0.39 is 0 Å². The third kappa shape index (κ3) is 2.53. The van der Waals surface area contributed by atoms with Crippen LogP contribution in [0.5, 0.6) is 5.75 Å². The Morgan fingerprint density at radius 3 is 2.33 bits per heavy atom. The molecule has 1 aromatic heterocycles. The van der Waals surface area contributed by atoms with Gasteiger partial charge in [-0.05, 0) is 48.2 Å². The van der Waals surface area contributed by atoms with Crippen LogP contribution >= 0.6 is 0 Å². The Balaban J connectivity index is 2.42. The third-order valence-electron chi connectivity index (χ3n) is 3.18. The number of aryl methyl sites for hydroxylation is 2. The highest BCUT2D eigenvalue weighted by Gasteiger charge is 2.06. The molecule has 0 fully saturated rings. The van der Waals surface area contributed by atoms with Crippen LogP contribution in [0.1, 0.15) is 25.0 Å². The van der Waals surface area contributed by atoms with Crippen LogP contribution in [0.25, 0.3) is 11.3 Å². The maximum Gasteiger partial charge on any atom is 0.118 e. The number of ether oxygens (including phenoxy) is 1. The Bertz CT molecular complexity index is 517. The average molecular weight is 241 g/mol. The third-order valence-corrected chi connectivity index (χ3v) is 3.18. The predicted molar refractivity (Wildman–Crippen MR) is 75.0 cm³/mol. The van der Waals surface area contributed by atoms with Crippen molar-refractivity contribution < 1.29 is 4.74 Å². The van der Waals surface area contributed by atoms with Gasteiger partial charge in [0, 0.05) is 11.8 Å². The average Bonchev–Trinajstić information content (AvgIpc) is 2.46. The van der Waals surface area contributed by atoms with E-state index in [-0.39, 0.29) is 0 Å². The van der Waals surface area contributed by atoms with Crippen LogP contribution in [-0.2, 0) is 12.8 Å². The van der Waals surface area contributed by atoms with Gasteiger partial charge >= 0.3 is 0 Å². The molecule has 0 aliphatic carbocycles. The van der Waals surface area contributed by atoms with Crippen LogP contribution in [0, 0.1) is 0 Å². The van der Waals surface area contributed by atoms with Crippen LogP contribution in [0.3, 0.4) is 0 Å². The molecule has 18 heavy (non-hydrogen) atoms. The lowest BCUT2D eigenvalue weighted by atomic mass is 10.0. The molecule has 94 valence electrons. The predicted octanol–water partition coefficient (Wildman–Crippen LogP) is 3.88. The number of aromatic nitrogens is 1. The maximum absolute atomic E-state index is 5.18. The topological polar surface area (TPSA) is 22.1 Å². The SMILES string of the molecule is CCc1cnc(-c2ccc(OC)cc2)c(CC)c1. The van der Waals surface area contributed by atoms with Crippen LogP contribution in [0.15, 0.2) is 36.5 Å². The summed E-state index contributed by atoms with van der Waals surface area (Å²) in [5.41, 5.74) is 4.83. The number of pyridine rings is 1. The summed E-state index contributed by atoms with van der Waals surface area (Å²) < 4.78 is 5.18. The van der Waals surface area contributed by atoms with Crippen molar-refractivity contribution in [1.29, 1.82) is 0 Å². The summed E-state index contributed by atoms with van der Waals surface area (Å²) >= 11 is 0. The first-order valence-electron chi connectivity index (χ1n) is 6.40. The normalized spacial score (nSPS) is 10.4. The van der Waals surface area contributed by atoms with E-state index in [2.05, 4.69) is 37.0 Å². The second-order valence-electron chi connectivity index (χ2n) is 4.29. The largest absolute Gasteiger partial charge is 0.497 e. The smallest absolute Gasteiger partial charge is 0.118 e. The van der Waals surface area contributed by atoms with E-state index in [4.69, 9.17) is 4.74 Å². The molecule has 0 radical (unpaired) electrons. The molecule has 0 aliphatic rings. The molecule has 2 heteroatoms. The van der Waals surface area contributed by atoms with Crippen molar-refractivity contribution in [1.82, 2.24) is 4.98 Å². The monoisotopic (exact) mass is 241 g/mol. The Morgan fingerprint density at radius 2 is 1.78 bits per heavy atom. The van der Waals surface area contributed by atoms with Crippen LogP contribution < -0.4 is 4.74 Å². The van der Waals surface area contributed by atoms with Gasteiger partial charge in [0.05, 0.1) is 12.8 Å². The van der Waals surface area contributed by atoms with E-state index in [9.17, 15) is 0 Å². The second-order valence-corrected chi connectivity index (χ2v) is 4.29. The Hall–Kier alpha value is -1.83. The first-order chi connectivity index (χ1) is 8.78. The summed E-state index contributed by atoms with van der Waals surface area (Å²) in [7, 11) is 1.68. The highest BCUT2D eigenvalue weighted by atomic mass is 16.5. The highest BCUT2D eigenvalue weighted by molar-refractivity contribution is 5.64. The minimum Gasteiger partial charge on any atom is -0.497 e. The Morgan fingerprint density at radius 1 is 1.06 bits per heavy atom. The van der Waals surface area contributed by atoms with Gasteiger partial charge in [0.25, 0.3) is 0 Å². The number of methoxy groups -OCH3 is 1. The van der Waals surface area contributed by atoms with Crippen molar-refractivity contribution in [3.8, 4) is 17.0 Å². The quantitative estimate of drug-likeness (QED) is 0.810. The minimum absolute atomic E-state index is 0.877. The van der Waals surface area contributed by atoms with Gasteiger partial charge in [0.2, 0.25) is 0 Å². The lowest BCUT2D eigenvalue weighted by Gasteiger charge is -2.09. The molecule has 0 saturated carbocycles.